The Bertz CT molecular complexity index is 444. The van der Waals surface area contributed by atoms with Crippen LogP contribution in [0.1, 0.15) is 60.8 Å². The largest absolute Gasteiger partial charge is 0.458 e. The van der Waals surface area contributed by atoms with Crippen LogP contribution in [-0.4, -0.2) is 42.4 Å². The molecule has 0 radical (unpaired) electrons. The molecule has 1 atom stereocenters. The van der Waals surface area contributed by atoms with Crippen molar-refractivity contribution in [1.29, 1.82) is 5.26 Å². The van der Waals surface area contributed by atoms with Crippen LogP contribution in [0.2, 0.25) is 0 Å². The first-order chi connectivity index (χ1) is 10.9. The van der Waals surface area contributed by atoms with Crippen LogP contribution in [-0.2, 0) is 14.3 Å². The maximum Gasteiger partial charge on any atom is 0.408 e. The number of carbonyl (C=O) groups is 2. The highest BCUT2D eigenvalue weighted by Gasteiger charge is 2.28. The number of alkyl carbamates (subject to hydrolysis) is 1. The van der Waals surface area contributed by atoms with Gasteiger partial charge in [0.2, 0.25) is 0 Å². The van der Waals surface area contributed by atoms with E-state index >= 15 is 0 Å². The molecule has 138 valence electrons. The van der Waals surface area contributed by atoms with Crippen molar-refractivity contribution in [3.8, 4) is 6.07 Å². The summed E-state index contributed by atoms with van der Waals surface area (Å²) in [6.45, 7) is 11.9. The maximum atomic E-state index is 12.3. The molecule has 7 nitrogen and oxygen atoms in total. The number of hydrogen-bond donors (Lipinski definition) is 2. The molecule has 0 aliphatic heterocycles. The van der Waals surface area contributed by atoms with E-state index in [1.165, 1.54) is 0 Å². The summed E-state index contributed by atoms with van der Waals surface area (Å²) in [6, 6.07) is 1.28. The van der Waals surface area contributed by atoms with Crippen LogP contribution in [0, 0.1) is 11.3 Å². The molecule has 0 spiro atoms. The quantitative estimate of drug-likeness (QED) is 0.520. The summed E-state index contributed by atoms with van der Waals surface area (Å²) in [5.41, 5.74) is -1.27. The van der Waals surface area contributed by atoms with E-state index in [0.717, 1.165) is 0 Å². The average molecular weight is 341 g/mol. The van der Waals surface area contributed by atoms with Gasteiger partial charge in [-0.3, -0.25) is 0 Å². The van der Waals surface area contributed by atoms with Crippen molar-refractivity contribution in [2.45, 2.75) is 78.0 Å². The summed E-state index contributed by atoms with van der Waals surface area (Å²) >= 11 is 0. The fraction of sp³-hybridized carbons (Fsp3) is 0.824. The van der Waals surface area contributed by atoms with Crippen LogP contribution in [0.4, 0.5) is 4.79 Å². The van der Waals surface area contributed by atoms with Gasteiger partial charge in [0.05, 0.1) is 6.07 Å². The topological polar surface area (TPSA) is 100 Å². The van der Waals surface area contributed by atoms with Gasteiger partial charge in [-0.05, 0) is 60.9 Å². The third-order valence-electron chi connectivity index (χ3n) is 2.64. The molecule has 1 amide bonds. The van der Waals surface area contributed by atoms with Gasteiger partial charge in [0.15, 0.2) is 0 Å². The Balaban J connectivity index is 4.57. The molecule has 2 N–H and O–H groups in total. The van der Waals surface area contributed by atoms with Crippen LogP contribution in [0.15, 0.2) is 0 Å². The normalized spacial score (nSPS) is 12.9. The van der Waals surface area contributed by atoms with Gasteiger partial charge < -0.3 is 20.1 Å². The van der Waals surface area contributed by atoms with Crippen molar-refractivity contribution in [2.24, 2.45) is 0 Å². The molecule has 0 rings (SSSR count). The van der Waals surface area contributed by atoms with Crippen molar-refractivity contribution in [3.63, 3.8) is 0 Å². The Morgan fingerprint density at radius 2 is 1.62 bits per heavy atom. The zero-order chi connectivity index (χ0) is 18.8. The number of nitrogens with one attached hydrogen (secondary N) is 2. The average Bonchev–Trinajstić information content (AvgIpc) is 2.37. The number of carbonyl (C=O) groups excluding carboxylic acids is 2. The highest BCUT2D eigenvalue weighted by atomic mass is 16.6. The third kappa shape index (κ3) is 12.7. The van der Waals surface area contributed by atoms with Gasteiger partial charge in [0.1, 0.15) is 17.2 Å². The second-order valence-electron chi connectivity index (χ2n) is 7.53. The third-order valence-corrected chi connectivity index (χ3v) is 2.64. The predicted octanol–water partition coefficient (Wildman–Crippen LogP) is 2.50. The number of esters is 1. The van der Waals surface area contributed by atoms with Crippen molar-refractivity contribution >= 4 is 12.1 Å². The van der Waals surface area contributed by atoms with Crippen LogP contribution in [0.25, 0.3) is 0 Å². The van der Waals surface area contributed by atoms with Gasteiger partial charge in [-0.2, -0.15) is 5.26 Å². The molecular weight excluding hydrogens is 310 g/mol. The SMILES string of the molecule is CC(C)(C)OC(=O)NC(CCCNCCC#N)C(=O)OC(C)(C)C. The fourth-order valence-corrected chi connectivity index (χ4v) is 1.77. The molecule has 0 aromatic carbocycles. The highest BCUT2D eigenvalue weighted by molar-refractivity contribution is 5.81. The van der Waals surface area contributed by atoms with Gasteiger partial charge in [-0.15, -0.1) is 0 Å². The van der Waals surface area contributed by atoms with Gasteiger partial charge in [-0.25, -0.2) is 9.59 Å². The molecule has 0 aromatic rings. The summed E-state index contributed by atoms with van der Waals surface area (Å²) in [4.78, 5) is 24.2. The molecule has 0 saturated carbocycles. The van der Waals surface area contributed by atoms with Gasteiger partial charge in [-0.1, -0.05) is 0 Å². The molecule has 24 heavy (non-hydrogen) atoms. The van der Waals surface area contributed by atoms with E-state index in [2.05, 4.69) is 10.6 Å². The van der Waals surface area contributed by atoms with E-state index in [1.807, 2.05) is 6.07 Å². The Hall–Kier alpha value is -1.81. The fourth-order valence-electron chi connectivity index (χ4n) is 1.77. The van der Waals surface area contributed by atoms with Crippen molar-refractivity contribution in [1.82, 2.24) is 10.6 Å². The lowest BCUT2D eigenvalue weighted by atomic mass is 10.1. The molecular formula is C17H31N3O4. The van der Waals surface area contributed by atoms with Crippen LogP contribution < -0.4 is 10.6 Å². The number of nitrogens with zero attached hydrogens (tertiary/aromatic N) is 1. The number of rotatable bonds is 8. The molecule has 0 aliphatic rings. The number of nitriles is 1. The van der Waals surface area contributed by atoms with E-state index in [-0.39, 0.29) is 0 Å². The molecule has 0 aliphatic carbocycles. The Morgan fingerprint density at radius 3 is 2.12 bits per heavy atom. The molecule has 0 heterocycles. The van der Waals surface area contributed by atoms with Gasteiger partial charge in [0, 0.05) is 13.0 Å². The molecule has 0 saturated heterocycles. The van der Waals surface area contributed by atoms with Crippen LogP contribution in [0.3, 0.4) is 0 Å². The van der Waals surface area contributed by atoms with E-state index < -0.39 is 29.3 Å². The first-order valence-corrected chi connectivity index (χ1v) is 8.24. The minimum Gasteiger partial charge on any atom is -0.458 e. The summed E-state index contributed by atoms with van der Waals surface area (Å²) in [7, 11) is 0. The van der Waals surface area contributed by atoms with Crippen LogP contribution >= 0.6 is 0 Å². The van der Waals surface area contributed by atoms with Gasteiger partial charge >= 0.3 is 12.1 Å². The smallest absolute Gasteiger partial charge is 0.408 e. The molecule has 0 fully saturated rings. The summed E-state index contributed by atoms with van der Waals surface area (Å²) in [5, 5.41) is 14.2. The highest BCUT2D eigenvalue weighted by Crippen LogP contribution is 2.12. The first-order valence-electron chi connectivity index (χ1n) is 8.24. The standard InChI is InChI=1S/C17H31N3O4/c1-16(2,3)23-14(21)13(9-7-11-19-12-8-10-18)20-15(22)24-17(4,5)6/h13,19H,7-9,11-12H2,1-6H3,(H,20,22). The number of ether oxygens (including phenoxy) is 2. The number of amides is 1. The first kappa shape index (κ1) is 22.2. The molecule has 1 unspecified atom stereocenters. The molecule has 0 bridgehead atoms. The van der Waals surface area contributed by atoms with Crippen molar-refractivity contribution < 1.29 is 19.1 Å². The lowest BCUT2D eigenvalue weighted by Crippen LogP contribution is -2.46. The monoisotopic (exact) mass is 341 g/mol. The maximum absolute atomic E-state index is 12.3. The lowest BCUT2D eigenvalue weighted by Gasteiger charge is -2.26. The minimum atomic E-state index is -0.767. The Labute approximate surface area is 145 Å². The van der Waals surface area contributed by atoms with E-state index in [0.29, 0.717) is 32.4 Å². The summed E-state index contributed by atoms with van der Waals surface area (Å²) in [5.74, 6) is -0.481. The Morgan fingerprint density at radius 1 is 1.04 bits per heavy atom. The molecule has 0 aromatic heterocycles. The van der Waals surface area contributed by atoms with E-state index in [9.17, 15) is 9.59 Å². The zero-order valence-corrected chi connectivity index (χ0v) is 15.7. The summed E-state index contributed by atoms with van der Waals surface area (Å²) in [6.07, 6.45) is 0.876. The van der Waals surface area contributed by atoms with Gasteiger partial charge in [0.25, 0.3) is 0 Å². The lowest BCUT2D eigenvalue weighted by molar-refractivity contribution is -0.157. The van der Waals surface area contributed by atoms with Crippen molar-refractivity contribution in [2.75, 3.05) is 13.1 Å². The zero-order valence-electron chi connectivity index (χ0n) is 15.7. The molecule has 7 heteroatoms. The number of hydrogen-bond acceptors (Lipinski definition) is 6. The van der Waals surface area contributed by atoms with Crippen molar-refractivity contribution in [3.05, 3.63) is 0 Å². The minimum absolute atomic E-state index is 0.424. The Kier molecular flexibility index (Phi) is 9.37. The second kappa shape index (κ2) is 10.1. The van der Waals surface area contributed by atoms with E-state index in [1.54, 1.807) is 41.5 Å². The second-order valence-corrected chi connectivity index (χ2v) is 7.53. The van der Waals surface area contributed by atoms with E-state index in [4.69, 9.17) is 14.7 Å². The predicted molar refractivity (Wildman–Crippen MR) is 91.3 cm³/mol. The summed E-state index contributed by atoms with van der Waals surface area (Å²) < 4.78 is 10.6. The van der Waals surface area contributed by atoms with Crippen LogP contribution in [0.5, 0.6) is 0 Å².